The van der Waals surface area contributed by atoms with Gasteiger partial charge < -0.3 is 4.90 Å². The Labute approximate surface area is 120 Å². The van der Waals surface area contributed by atoms with Crippen LogP contribution in [0.5, 0.6) is 0 Å². The Morgan fingerprint density at radius 2 is 1.95 bits per heavy atom. The standard InChI is InChI=1S/C17H22N2O/c1-19-11-8-15(12-19)14-4-6-16(7-5-14)17(18-13-20)9-2-3-10-17/h4-7,15H,2-3,8-12H2,1H3. The SMILES string of the molecule is CN1CCC(c2ccc(C3(N=C=O)CCCC3)cc2)C1. The quantitative estimate of drug-likeness (QED) is 0.624. The maximum Gasteiger partial charge on any atom is 0.235 e. The van der Waals surface area contributed by atoms with Crippen molar-refractivity contribution in [2.45, 2.75) is 43.6 Å². The van der Waals surface area contributed by atoms with Crippen LogP contribution in [0.25, 0.3) is 0 Å². The number of likely N-dealkylation sites (tertiary alicyclic amines) is 1. The molecule has 3 nitrogen and oxygen atoms in total. The topological polar surface area (TPSA) is 32.7 Å². The minimum atomic E-state index is -0.285. The highest BCUT2D eigenvalue weighted by molar-refractivity contribution is 5.40. The second-order valence-electron chi connectivity index (χ2n) is 6.31. The summed E-state index contributed by atoms with van der Waals surface area (Å²) in [5, 5.41) is 0. The van der Waals surface area contributed by atoms with Crippen LogP contribution in [0.3, 0.4) is 0 Å². The second kappa shape index (κ2) is 5.51. The van der Waals surface area contributed by atoms with Crippen molar-refractivity contribution in [1.82, 2.24) is 4.90 Å². The monoisotopic (exact) mass is 270 g/mol. The highest BCUT2D eigenvalue weighted by Gasteiger charge is 2.35. The molecule has 1 aliphatic carbocycles. The van der Waals surface area contributed by atoms with Gasteiger partial charge in [-0.2, -0.15) is 4.99 Å². The molecule has 1 aromatic rings. The molecule has 0 N–H and O–H groups in total. The highest BCUT2D eigenvalue weighted by atomic mass is 16.1. The maximum absolute atomic E-state index is 10.8. The van der Waals surface area contributed by atoms with Crippen molar-refractivity contribution in [3.8, 4) is 0 Å². The van der Waals surface area contributed by atoms with Gasteiger partial charge in [0.2, 0.25) is 6.08 Å². The molecule has 2 aliphatic rings. The molecular formula is C17H22N2O. The van der Waals surface area contributed by atoms with Crippen LogP contribution in [0, 0.1) is 0 Å². The Kier molecular flexibility index (Phi) is 3.73. The van der Waals surface area contributed by atoms with E-state index >= 15 is 0 Å². The fourth-order valence-electron chi connectivity index (χ4n) is 3.78. The molecule has 1 unspecified atom stereocenters. The smallest absolute Gasteiger partial charge is 0.235 e. The second-order valence-corrected chi connectivity index (χ2v) is 6.31. The molecule has 1 saturated carbocycles. The summed E-state index contributed by atoms with van der Waals surface area (Å²) in [5.74, 6) is 0.656. The molecular weight excluding hydrogens is 248 g/mol. The minimum Gasteiger partial charge on any atom is -0.306 e. The summed E-state index contributed by atoms with van der Waals surface area (Å²) in [5.41, 5.74) is 2.32. The lowest BCUT2D eigenvalue weighted by Gasteiger charge is -2.23. The molecule has 20 heavy (non-hydrogen) atoms. The fourth-order valence-corrected chi connectivity index (χ4v) is 3.78. The van der Waals surface area contributed by atoms with Gasteiger partial charge >= 0.3 is 0 Å². The van der Waals surface area contributed by atoms with E-state index in [-0.39, 0.29) is 5.54 Å². The number of hydrogen-bond donors (Lipinski definition) is 0. The summed E-state index contributed by atoms with van der Waals surface area (Å²) in [7, 11) is 2.18. The first kappa shape index (κ1) is 13.5. The van der Waals surface area contributed by atoms with Gasteiger partial charge in [0.25, 0.3) is 0 Å². The van der Waals surface area contributed by atoms with Crippen LogP contribution >= 0.6 is 0 Å². The number of hydrogen-bond acceptors (Lipinski definition) is 3. The van der Waals surface area contributed by atoms with Crippen molar-refractivity contribution in [2.24, 2.45) is 4.99 Å². The molecule has 1 saturated heterocycles. The molecule has 1 heterocycles. The molecule has 1 aromatic carbocycles. The molecule has 3 rings (SSSR count). The molecule has 1 atom stereocenters. The molecule has 2 fully saturated rings. The zero-order valence-corrected chi connectivity index (χ0v) is 12.1. The number of likely N-dealkylation sites (N-methyl/N-ethyl adjacent to an activating group) is 1. The lowest BCUT2D eigenvalue weighted by Crippen LogP contribution is -2.19. The van der Waals surface area contributed by atoms with Crippen molar-refractivity contribution in [1.29, 1.82) is 0 Å². The molecule has 1 aliphatic heterocycles. The third-order valence-corrected chi connectivity index (χ3v) is 5.00. The molecule has 0 bridgehead atoms. The third-order valence-electron chi connectivity index (χ3n) is 5.00. The number of carbonyl (C=O) groups excluding carboxylic acids is 1. The summed E-state index contributed by atoms with van der Waals surface area (Å²) in [6, 6.07) is 8.83. The highest BCUT2D eigenvalue weighted by Crippen LogP contribution is 2.42. The molecule has 0 spiro atoms. The lowest BCUT2D eigenvalue weighted by atomic mass is 9.87. The molecule has 0 aromatic heterocycles. The number of rotatable bonds is 3. The van der Waals surface area contributed by atoms with Crippen molar-refractivity contribution in [3.05, 3.63) is 35.4 Å². The van der Waals surface area contributed by atoms with Crippen LogP contribution in [0.1, 0.15) is 49.1 Å². The zero-order valence-electron chi connectivity index (χ0n) is 12.1. The summed E-state index contributed by atoms with van der Waals surface area (Å²) >= 11 is 0. The van der Waals surface area contributed by atoms with Gasteiger partial charge in [0.05, 0.1) is 5.54 Å². The normalized spacial score (nSPS) is 25.6. The van der Waals surface area contributed by atoms with Gasteiger partial charge in [0.1, 0.15) is 0 Å². The van der Waals surface area contributed by atoms with Crippen LogP contribution in [0.4, 0.5) is 0 Å². The molecule has 0 amide bonds. The fraction of sp³-hybridized carbons (Fsp3) is 0.588. The first-order valence-corrected chi connectivity index (χ1v) is 7.61. The predicted octanol–water partition coefficient (Wildman–Crippen LogP) is 3.21. The van der Waals surface area contributed by atoms with Gasteiger partial charge in [-0.25, -0.2) is 4.79 Å². The third kappa shape index (κ3) is 2.44. The van der Waals surface area contributed by atoms with Crippen molar-refractivity contribution in [2.75, 3.05) is 20.1 Å². The molecule has 0 radical (unpaired) electrons. The van der Waals surface area contributed by atoms with E-state index in [1.54, 1.807) is 6.08 Å². The number of benzene rings is 1. The van der Waals surface area contributed by atoms with E-state index < -0.39 is 0 Å². The van der Waals surface area contributed by atoms with E-state index in [4.69, 9.17) is 0 Å². The average molecular weight is 270 g/mol. The summed E-state index contributed by atoms with van der Waals surface area (Å²) in [4.78, 5) is 17.3. The Morgan fingerprint density at radius 3 is 2.50 bits per heavy atom. The van der Waals surface area contributed by atoms with Crippen LogP contribution < -0.4 is 0 Å². The van der Waals surface area contributed by atoms with Crippen LogP contribution in [0.2, 0.25) is 0 Å². The average Bonchev–Trinajstić information content (AvgIpc) is 3.10. The Hall–Kier alpha value is -1.44. The zero-order chi connectivity index (χ0) is 14.0. The Morgan fingerprint density at radius 1 is 1.25 bits per heavy atom. The van der Waals surface area contributed by atoms with E-state index in [0.717, 1.165) is 32.2 Å². The number of aliphatic imine (C=N–C) groups is 1. The van der Waals surface area contributed by atoms with Crippen molar-refractivity contribution < 1.29 is 4.79 Å². The van der Waals surface area contributed by atoms with Gasteiger partial charge in [-0.05, 0) is 49.9 Å². The van der Waals surface area contributed by atoms with Crippen LogP contribution in [-0.2, 0) is 10.3 Å². The van der Waals surface area contributed by atoms with E-state index in [0.29, 0.717) is 5.92 Å². The lowest BCUT2D eigenvalue weighted by molar-refractivity contribution is 0.411. The minimum absolute atomic E-state index is 0.285. The van der Waals surface area contributed by atoms with E-state index in [1.165, 1.54) is 24.1 Å². The first-order chi connectivity index (χ1) is 9.73. The summed E-state index contributed by atoms with van der Waals surface area (Å²) in [6.45, 7) is 2.34. The van der Waals surface area contributed by atoms with Gasteiger partial charge in [-0.3, -0.25) is 0 Å². The summed E-state index contributed by atoms with van der Waals surface area (Å²) in [6.07, 6.45) is 7.30. The van der Waals surface area contributed by atoms with Gasteiger partial charge in [0.15, 0.2) is 0 Å². The van der Waals surface area contributed by atoms with Crippen LogP contribution in [-0.4, -0.2) is 31.1 Å². The molecule has 3 heteroatoms. The first-order valence-electron chi connectivity index (χ1n) is 7.61. The van der Waals surface area contributed by atoms with Gasteiger partial charge in [-0.15, -0.1) is 0 Å². The molecule has 106 valence electrons. The van der Waals surface area contributed by atoms with Gasteiger partial charge in [-0.1, -0.05) is 37.1 Å². The van der Waals surface area contributed by atoms with Crippen molar-refractivity contribution >= 4 is 6.08 Å². The van der Waals surface area contributed by atoms with Gasteiger partial charge in [0, 0.05) is 6.54 Å². The maximum atomic E-state index is 10.8. The number of isocyanates is 1. The van der Waals surface area contributed by atoms with E-state index in [9.17, 15) is 4.79 Å². The Balaban J connectivity index is 1.83. The Bertz CT molecular complexity index is 510. The summed E-state index contributed by atoms with van der Waals surface area (Å²) < 4.78 is 0. The van der Waals surface area contributed by atoms with Crippen LogP contribution in [0.15, 0.2) is 29.3 Å². The van der Waals surface area contributed by atoms with E-state index in [1.807, 2.05) is 0 Å². The number of nitrogens with zero attached hydrogens (tertiary/aromatic N) is 2. The predicted molar refractivity (Wildman–Crippen MR) is 79.6 cm³/mol. The largest absolute Gasteiger partial charge is 0.306 e. The van der Waals surface area contributed by atoms with E-state index in [2.05, 4.69) is 41.2 Å². The van der Waals surface area contributed by atoms with Crippen molar-refractivity contribution in [3.63, 3.8) is 0 Å².